The van der Waals surface area contributed by atoms with Gasteiger partial charge in [0.1, 0.15) is 0 Å². The van der Waals surface area contributed by atoms with Crippen molar-refractivity contribution in [2.45, 2.75) is 17.7 Å². The molecule has 0 aromatic carbocycles. The summed E-state index contributed by atoms with van der Waals surface area (Å²) in [6.45, 7) is 0. The van der Waals surface area contributed by atoms with E-state index in [1.165, 1.54) is 0 Å². The number of hydrogen-bond acceptors (Lipinski definition) is 1. The highest BCUT2D eigenvalue weighted by Crippen LogP contribution is 2.39. The molecule has 0 radical (unpaired) electrons. The van der Waals surface area contributed by atoms with Crippen molar-refractivity contribution in [3.63, 3.8) is 0 Å². The van der Waals surface area contributed by atoms with Crippen LogP contribution in [0.2, 0.25) is 0 Å². The second-order valence-corrected chi connectivity index (χ2v) is 3.36. The summed E-state index contributed by atoms with van der Waals surface area (Å²) in [5.41, 5.74) is 4.94. The minimum atomic E-state index is -0.183. The molecule has 2 atom stereocenters. The third kappa shape index (κ3) is 1.47. The number of amides is 1. The summed E-state index contributed by atoms with van der Waals surface area (Å²) in [7, 11) is 0. The van der Waals surface area contributed by atoms with Gasteiger partial charge in [0.05, 0.1) is 0 Å². The summed E-state index contributed by atoms with van der Waals surface area (Å²) in [5.74, 6) is 0.351. The maximum Gasteiger partial charge on any atom is 0.217 e. The van der Waals surface area contributed by atoms with Crippen molar-refractivity contribution < 1.29 is 4.79 Å². The molecule has 0 aromatic rings. The Kier molecular flexibility index (Phi) is 1.56. The second kappa shape index (κ2) is 2.05. The third-order valence-corrected chi connectivity index (χ3v) is 2.42. The highest BCUT2D eigenvalue weighted by Gasteiger charge is 2.35. The minimum absolute atomic E-state index is 0.183. The number of hydrogen-bond donors (Lipinski definition) is 1. The van der Waals surface area contributed by atoms with Crippen LogP contribution in [0.15, 0.2) is 0 Å². The van der Waals surface area contributed by atoms with Crippen LogP contribution >= 0.6 is 15.9 Å². The zero-order chi connectivity index (χ0) is 6.15. The van der Waals surface area contributed by atoms with Crippen LogP contribution in [0.1, 0.15) is 12.8 Å². The summed E-state index contributed by atoms with van der Waals surface area (Å²) in [6, 6.07) is 0. The first-order chi connectivity index (χ1) is 3.70. The highest BCUT2D eigenvalue weighted by molar-refractivity contribution is 9.09. The molecule has 0 aromatic heterocycles. The molecule has 46 valence electrons. The lowest BCUT2D eigenvalue weighted by atomic mass is 10.3. The topological polar surface area (TPSA) is 43.1 Å². The Hall–Kier alpha value is -0.0500. The molecule has 1 fully saturated rings. The van der Waals surface area contributed by atoms with Gasteiger partial charge in [0.2, 0.25) is 5.91 Å². The van der Waals surface area contributed by atoms with Crippen molar-refractivity contribution in [2.75, 3.05) is 0 Å². The lowest BCUT2D eigenvalue weighted by Gasteiger charge is -1.86. The van der Waals surface area contributed by atoms with Gasteiger partial charge in [-0.25, -0.2) is 0 Å². The van der Waals surface area contributed by atoms with Gasteiger partial charge in [0.25, 0.3) is 0 Å². The first-order valence-corrected chi connectivity index (χ1v) is 3.54. The van der Waals surface area contributed by atoms with Crippen molar-refractivity contribution in [1.29, 1.82) is 0 Å². The van der Waals surface area contributed by atoms with Crippen molar-refractivity contribution >= 4 is 21.8 Å². The fraction of sp³-hybridized carbons (Fsp3) is 0.800. The molecule has 2 N–H and O–H groups in total. The highest BCUT2D eigenvalue weighted by atomic mass is 79.9. The Morgan fingerprint density at radius 3 is 2.50 bits per heavy atom. The maximum absolute atomic E-state index is 10.2. The Morgan fingerprint density at radius 2 is 2.38 bits per heavy atom. The SMILES string of the molecule is NC(=O)C[C@H]1C[C@@H]1Br. The smallest absolute Gasteiger partial charge is 0.217 e. The zero-order valence-corrected chi connectivity index (χ0v) is 6.02. The van der Waals surface area contributed by atoms with Gasteiger partial charge in [0, 0.05) is 11.2 Å². The van der Waals surface area contributed by atoms with E-state index >= 15 is 0 Å². The first-order valence-electron chi connectivity index (χ1n) is 2.62. The molecular formula is C5H8BrNO. The van der Waals surface area contributed by atoms with Gasteiger partial charge in [-0.3, -0.25) is 4.79 Å². The lowest BCUT2D eigenvalue weighted by molar-refractivity contribution is -0.118. The van der Waals surface area contributed by atoms with Crippen molar-refractivity contribution in [3.8, 4) is 0 Å². The van der Waals surface area contributed by atoms with Crippen LogP contribution in [0.25, 0.3) is 0 Å². The molecule has 0 heterocycles. The standard InChI is InChI=1S/C5H8BrNO/c6-4-1-3(4)2-5(7)8/h3-4H,1-2H2,(H2,7,8)/t3-,4+/m1/s1. The lowest BCUT2D eigenvalue weighted by Crippen LogP contribution is -2.11. The Bertz CT molecular complexity index is 115. The molecule has 0 unspecified atom stereocenters. The predicted octanol–water partition coefficient (Wildman–Crippen LogP) is 0.645. The van der Waals surface area contributed by atoms with E-state index in [-0.39, 0.29) is 5.91 Å². The van der Waals surface area contributed by atoms with Crippen LogP contribution < -0.4 is 5.73 Å². The van der Waals surface area contributed by atoms with Gasteiger partial charge in [-0.05, 0) is 12.3 Å². The molecule has 1 amide bonds. The monoisotopic (exact) mass is 177 g/mol. The first kappa shape index (κ1) is 6.08. The fourth-order valence-corrected chi connectivity index (χ4v) is 1.35. The molecular weight excluding hydrogens is 170 g/mol. The summed E-state index contributed by atoms with van der Waals surface area (Å²) >= 11 is 3.37. The minimum Gasteiger partial charge on any atom is -0.370 e. The predicted molar refractivity (Wildman–Crippen MR) is 34.6 cm³/mol. The summed E-state index contributed by atoms with van der Waals surface area (Å²) in [6.07, 6.45) is 1.67. The van der Waals surface area contributed by atoms with Crippen LogP contribution in [0.4, 0.5) is 0 Å². The average molecular weight is 178 g/mol. The molecule has 0 bridgehead atoms. The number of carbonyl (C=O) groups is 1. The van der Waals surface area contributed by atoms with E-state index in [0.29, 0.717) is 17.2 Å². The van der Waals surface area contributed by atoms with Gasteiger partial charge in [-0.2, -0.15) is 0 Å². The number of carbonyl (C=O) groups excluding carboxylic acids is 1. The molecule has 8 heavy (non-hydrogen) atoms. The second-order valence-electron chi connectivity index (χ2n) is 2.18. The molecule has 1 aliphatic rings. The Labute approximate surface area is 56.6 Å². The Balaban J connectivity index is 2.14. The number of nitrogens with two attached hydrogens (primary N) is 1. The molecule has 3 heteroatoms. The summed E-state index contributed by atoms with van der Waals surface area (Å²) in [5, 5.41) is 0. The van der Waals surface area contributed by atoms with Crippen molar-refractivity contribution in [3.05, 3.63) is 0 Å². The average Bonchev–Trinajstić information content (AvgIpc) is 2.17. The third-order valence-electron chi connectivity index (χ3n) is 1.30. The maximum atomic E-state index is 10.2. The molecule has 1 aliphatic carbocycles. The van der Waals surface area contributed by atoms with E-state index in [1.54, 1.807) is 0 Å². The normalized spacial score (nSPS) is 34.6. The van der Waals surface area contributed by atoms with Gasteiger partial charge < -0.3 is 5.73 Å². The van der Waals surface area contributed by atoms with Crippen molar-refractivity contribution in [2.24, 2.45) is 11.7 Å². The molecule has 2 nitrogen and oxygen atoms in total. The number of rotatable bonds is 2. The van der Waals surface area contributed by atoms with Gasteiger partial charge in [-0.15, -0.1) is 0 Å². The van der Waals surface area contributed by atoms with Crippen molar-refractivity contribution in [1.82, 2.24) is 0 Å². The molecule has 1 saturated carbocycles. The summed E-state index contributed by atoms with van der Waals surface area (Å²) < 4.78 is 0. The number of halogens is 1. The molecule has 1 rings (SSSR count). The van der Waals surface area contributed by atoms with E-state index < -0.39 is 0 Å². The zero-order valence-electron chi connectivity index (χ0n) is 4.43. The van der Waals surface area contributed by atoms with Crippen LogP contribution in [-0.2, 0) is 4.79 Å². The van der Waals surface area contributed by atoms with E-state index in [9.17, 15) is 4.79 Å². The van der Waals surface area contributed by atoms with Crippen LogP contribution in [0.5, 0.6) is 0 Å². The molecule has 0 aliphatic heterocycles. The van der Waals surface area contributed by atoms with Gasteiger partial charge in [-0.1, -0.05) is 15.9 Å². The van der Waals surface area contributed by atoms with E-state index in [0.717, 1.165) is 6.42 Å². The van der Waals surface area contributed by atoms with E-state index in [4.69, 9.17) is 5.73 Å². The molecule has 0 saturated heterocycles. The quantitative estimate of drug-likeness (QED) is 0.619. The van der Waals surface area contributed by atoms with E-state index in [1.807, 2.05) is 0 Å². The van der Waals surface area contributed by atoms with Gasteiger partial charge >= 0.3 is 0 Å². The van der Waals surface area contributed by atoms with Crippen LogP contribution in [0.3, 0.4) is 0 Å². The Morgan fingerprint density at radius 1 is 1.88 bits per heavy atom. The van der Waals surface area contributed by atoms with Crippen LogP contribution in [0, 0.1) is 5.92 Å². The number of primary amides is 1. The largest absolute Gasteiger partial charge is 0.370 e. The van der Waals surface area contributed by atoms with E-state index in [2.05, 4.69) is 15.9 Å². The summed E-state index contributed by atoms with van der Waals surface area (Å²) in [4.78, 5) is 10.8. The van der Waals surface area contributed by atoms with Crippen LogP contribution in [-0.4, -0.2) is 10.7 Å². The molecule has 0 spiro atoms. The number of alkyl halides is 1. The fourth-order valence-electron chi connectivity index (χ4n) is 0.680. The van der Waals surface area contributed by atoms with Gasteiger partial charge in [0.15, 0.2) is 0 Å².